The molecule has 0 aliphatic carbocycles. The summed E-state index contributed by atoms with van der Waals surface area (Å²) < 4.78 is 23.2. The third kappa shape index (κ3) is 4.83. The van der Waals surface area contributed by atoms with Crippen LogP contribution in [0, 0.1) is 0 Å². The minimum Gasteiger partial charge on any atom is -0.387 e. The lowest BCUT2D eigenvalue weighted by Crippen LogP contribution is -2.33. The topological polar surface area (TPSA) is 132 Å². The van der Waals surface area contributed by atoms with E-state index >= 15 is 0 Å². The van der Waals surface area contributed by atoms with Gasteiger partial charge in [0, 0.05) is 6.54 Å². The van der Waals surface area contributed by atoms with Crippen molar-refractivity contribution in [3.8, 4) is 0 Å². The fourth-order valence-corrected chi connectivity index (χ4v) is 3.43. The maximum absolute atomic E-state index is 11.3. The molecule has 3 rings (SSSR count). The van der Waals surface area contributed by atoms with Crippen LogP contribution in [0.1, 0.15) is 20.1 Å². The predicted molar refractivity (Wildman–Crippen MR) is 104 cm³/mol. The lowest BCUT2D eigenvalue weighted by atomic mass is 10.1. The molecule has 2 aromatic heterocycles. The van der Waals surface area contributed by atoms with E-state index in [9.17, 15) is 14.8 Å². The lowest BCUT2D eigenvalue weighted by molar-refractivity contribution is -0.0465. The number of nitrogens with zero attached hydrogens (tertiary/aromatic N) is 4. The molecule has 2 aromatic rings. The van der Waals surface area contributed by atoms with Gasteiger partial charge in [0.25, 0.3) is 0 Å². The zero-order valence-electron chi connectivity index (χ0n) is 15.1. The average Bonchev–Trinajstić information content (AvgIpc) is 3.15. The third-order valence-corrected chi connectivity index (χ3v) is 5.17. The fourth-order valence-electron chi connectivity index (χ4n) is 2.78. The van der Waals surface area contributed by atoms with Crippen molar-refractivity contribution >= 4 is 45.5 Å². The quantitative estimate of drug-likeness (QED) is 0.428. The number of halogens is 2. The largest absolute Gasteiger partial charge is 0.387 e. The van der Waals surface area contributed by atoms with Gasteiger partial charge in [-0.05, 0) is 36.3 Å². The molecule has 0 radical (unpaired) electrons. The summed E-state index contributed by atoms with van der Waals surface area (Å²) in [7, 11) is 0. The summed E-state index contributed by atoms with van der Waals surface area (Å²) in [5.41, 5.74) is 2.06. The van der Waals surface area contributed by atoms with Gasteiger partial charge in [-0.3, -0.25) is 9.13 Å². The molecule has 0 bridgehead atoms. The lowest BCUT2D eigenvalue weighted by Gasteiger charge is -2.16. The van der Waals surface area contributed by atoms with E-state index in [-0.39, 0.29) is 6.61 Å². The van der Waals surface area contributed by atoms with Crippen LogP contribution in [0.2, 0.25) is 0 Å². The molecule has 1 fully saturated rings. The third-order valence-electron chi connectivity index (χ3n) is 4.14. The molecule has 1 unspecified atom stereocenters. The number of allylic oxidation sites excluding steroid dienone is 1. The summed E-state index contributed by atoms with van der Waals surface area (Å²) in [5, 5.41) is 23.7. The molecule has 1 saturated heterocycles. The monoisotopic (exact) mass is 451 g/mol. The minimum absolute atomic E-state index is 0.351. The molecule has 1 aliphatic heterocycles. The van der Waals surface area contributed by atoms with Gasteiger partial charge < -0.3 is 24.8 Å². The summed E-state index contributed by atoms with van der Waals surface area (Å²) in [6.45, 7) is 4.20. The number of hydrogen-bond acceptors (Lipinski definition) is 9. The summed E-state index contributed by atoms with van der Waals surface area (Å²) in [6, 6.07) is 0. The molecule has 0 spiro atoms. The van der Waals surface area contributed by atoms with Gasteiger partial charge in [-0.25, -0.2) is 15.0 Å². The average molecular weight is 452 g/mol. The summed E-state index contributed by atoms with van der Waals surface area (Å²) in [4.78, 5) is 12.7. The highest BCUT2D eigenvalue weighted by molar-refractivity contribution is 8.05. The Hall–Kier alpha value is -1.26. The highest BCUT2D eigenvalue weighted by atomic mass is 35.9. The zero-order valence-corrected chi connectivity index (χ0v) is 17.5. The number of imidazole rings is 1. The van der Waals surface area contributed by atoms with E-state index < -0.39 is 30.6 Å². The van der Waals surface area contributed by atoms with Gasteiger partial charge in [-0.2, -0.15) is 0 Å². The standard InChI is InChI=1S/C15H20Cl2N5O5P/c1-8(2)3-4-18-13-10-14(20-6-19-13)22(7-21-10)15-12(24)11(23)9(27-15)5-26-28(16,17)25/h3,6-7,9,11-12,15,23-24H,4-5H2,1-2H3,(H,18,19,20)/t9-,11+,12?,15-/m1/s1. The molecule has 0 amide bonds. The Morgan fingerprint density at radius 2 is 2.11 bits per heavy atom. The normalized spacial score (nSPS) is 25.2. The van der Waals surface area contributed by atoms with Crippen molar-refractivity contribution in [1.29, 1.82) is 0 Å². The van der Waals surface area contributed by atoms with Crippen molar-refractivity contribution < 1.29 is 24.0 Å². The smallest absolute Gasteiger partial charge is 0.380 e. The number of aliphatic hydroxyl groups excluding tert-OH is 2. The number of rotatable bonds is 7. The van der Waals surface area contributed by atoms with Crippen molar-refractivity contribution in [3.63, 3.8) is 0 Å². The Kier molecular flexibility index (Phi) is 6.61. The summed E-state index contributed by atoms with van der Waals surface area (Å²) in [6.07, 6.45) is -3.57. The minimum atomic E-state index is -3.79. The second kappa shape index (κ2) is 8.62. The van der Waals surface area contributed by atoms with Gasteiger partial charge in [0.2, 0.25) is 0 Å². The maximum atomic E-state index is 11.3. The molecule has 28 heavy (non-hydrogen) atoms. The molecule has 3 N–H and O–H groups in total. The van der Waals surface area contributed by atoms with Crippen LogP contribution < -0.4 is 5.32 Å². The maximum Gasteiger partial charge on any atom is 0.380 e. The second-order valence-corrected chi connectivity index (χ2v) is 10.7. The first kappa shape index (κ1) is 21.4. The van der Waals surface area contributed by atoms with Gasteiger partial charge in [0.15, 0.2) is 23.2 Å². The number of aromatic nitrogens is 4. The molecular weight excluding hydrogens is 432 g/mol. The van der Waals surface area contributed by atoms with Crippen molar-refractivity contribution in [2.45, 2.75) is 38.4 Å². The first-order chi connectivity index (χ1) is 13.2. The van der Waals surface area contributed by atoms with Crippen molar-refractivity contribution in [2.24, 2.45) is 0 Å². The van der Waals surface area contributed by atoms with E-state index in [1.807, 2.05) is 19.9 Å². The Balaban J connectivity index is 1.81. The van der Waals surface area contributed by atoms with E-state index in [1.54, 1.807) is 0 Å². The van der Waals surface area contributed by atoms with Crippen LogP contribution >= 0.6 is 28.6 Å². The van der Waals surface area contributed by atoms with Crippen LogP contribution in [0.3, 0.4) is 0 Å². The Morgan fingerprint density at radius 1 is 1.36 bits per heavy atom. The molecule has 13 heteroatoms. The highest BCUT2D eigenvalue weighted by Crippen LogP contribution is 2.57. The van der Waals surface area contributed by atoms with E-state index in [2.05, 4.69) is 20.3 Å². The van der Waals surface area contributed by atoms with Crippen molar-refractivity contribution in [2.75, 3.05) is 18.5 Å². The molecule has 0 aromatic carbocycles. The van der Waals surface area contributed by atoms with Crippen molar-refractivity contribution in [3.05, 3.63) is 24.3 Å². The molecule has 10 nitrogen and oxygen atoms in total. The van der Waals surface area contributed by atoms with Crippen LogP contribution in [0.15, 0.2) is 24.3 Å². The van der Waals surface area contributed by atoms with Crippen LogP contribution in [-0.4, -0.2) is 61.2 Å². The fraction of sp³-hybridized carbons (Fsp3) is 0.533. The number of ether oxygens (including phenoxy) is 1. The van der Waals surface area contributed by atoms with Gasteiger partial charge in [0.1, 0.15) is 24.6 Å². The number of fused-ring (bicyclic) bond motifs is 1. The number of nitrogens with one attached hydrogen (secondary N) is 1. The number of hydrogen-bond donors (Lipinski definition) is 3. The van der Waals surface area contributed by atoms with Crippen LogP contribution in [-0.2, 0) is 13.8 Å². The molecule has 3 heterocycles. The zero-order chi connectivity index (χ0) is 20.5. The Bertz CT molecular complexity index is 915. The Labute approximate surface area is 170 Å². The van der Waals surface area contributed by atoms with Gasteiger partial charge in [-0.1, -0.05) is 11.6 Å². The van der Waals surface area contributed by atoms with Gasteiger partial charge in [0.05, 0.1) is 12.9 Å². The summed E-state index contributed by atoms with van der Waals surface area (Å²) in [5.74, 6) is 0.527. The predicted octanol–water partition coefficient (Wildman–Crippen LogP) is 2.43. The van der Waals surface area contributed by atoms with E-state index in [4.69, 9.17) is 31.7 Å². The van der Waals surface area contributed by atoms with Gasteiger partial charge >= 0.3 is 6.07 Å². The first-order valence-corrected chi connectivity index (χ1v) is 11.8. The number of anilines is 1. The Morgan fingerprint density at radius 3 is 2.79 bits per heavy atom. The molecule has 4 atom stereocenters. The van der Waals surface area contributed by atoms with E-state index in [0.717, 1.165) is 5.57 Å². The van der Waals surface area contributed by atoms with E-state index in [1.165, 1.54) is 17.2 Å². The van der Waals surface area contributed by atoms with Crippen LogP contribution in [0.25, 0.3) is 11.2 Å². The van der Waals surface area contributed by atoms with Crippen LogP contribution in [0.5, 0.6) is 0 Å². The summed E-state index contributed by atoms with van der Waals surface area (Å²) >= 11 is 10.7. The first-order valence-electron chi connectivity index (χ1n) is 8.37. The molecular formula is C15H20Cl2N5O5P. The van der Waals surface area contributed by atoms with E-state index in [0.29, 0.717) is 23.5 Å². The second-order valence-electron chi connectivity index (χ2n) is 6.47. The van der Waals surface area contributed by atoms with Gasteiger partial charge in [-0.15, -0.1) is 0 Å². The molecule has 154 valence electrons. The highest BCUT2D eigenvalue weighted by Gasteiger charge is 2.45. The van der Waals surface area contributed by atoms with Crippen molar-refractivity contribution in [1.82, 2.24) is 19.5 Å². The molecule has 1 aliphatic rings. The SMILES string of the molecule is CC(C)=CCNc1ncnc2c1ncn2[C@@H]1O[C@H](COP(=O)(Cl)Cl)[C@H](O)C1O. The number of aliphatic hydroxyl groups is 2. The molecule has 0 saturated carbocycles. The van der Waals surface area contributed by atoms with Crippen LogP contribution in [0.4, 0.5) is 5.82 Å².